The number of benzene rings is 5. The summed E-state index contributed by atoms with van der Waals surface area (Å²) in [5.74, 6) is -0.643. The number of nitro benzene ring substituents is 4. The second-order valence-corrected chi connectivity index (χ2v) is 13.7. The minimum Gasteiger partial charge on any atom is -0.463 e. The van der Waals surface area contributed by atoms with Gasteiger partial charge in [0.2, 0.25) is 0 Å². The maximum absolute atomic E-state index is 11.1. The Morgan fingerprint density at radius 3 is 1.34 bits per heavy atom. The van der Waals surface area contributed by atoms with Gasteiger partial charge in [-0.3, -0.25) is 45.3 Å². The van der Waals surface area contributed by atoms with E-state index in [9.17, 15) is 50.0 Å². The first-order chi connectivity index (χ1) is 25.3. The van der Waals surface area contributed by atoms with Crippen LogP contribution < -0.4 is 15.9 Å². The molecule has 0 amide bonds. The highest BCUT2D eigenvalue weighted by molar-refractivity contribution is 7.93. The quantitative estimate of drug-likeness (QED) is 0.0342. The largest absolute Gasteiger partial charge is 0.463 e. The molecular formula is C37H31N4O11P. The average Bonchev–Trinajstić information content (AvgIpc) is 3.18. The van der Waals surface area contributed by atoms with Crippen LogP contribution in [0.5, 0.6) is 0 Å². The number of nitro groups is 4. The molecule has 5 aromatic rings. The normalized spacial score (nSPS) is 10.4. The van der Waals surface area contributed by atoms with Crippen molar-refractivity contribution in [1.29, 1.82) is 0 Å². The lowest BCUT2D eigenvalue weighted by atomic mass is 10.1. The number of carbonyl (C=O) groups excluding carboxylic acids is 2. The SMILES string of the molecule is C=P(c1ccccc1)(c1ccccc1)c1ccccc1.CCOC(=O)/C=C/c1ccc([N+](=O)[O-])cc1[N+](=O)[O-].O=Cc1ccc([N+](=O)[O-])cc1[N+](=O)[O-]. The second-order valence-electron chi connectivity index (χ2n) is 10.5. The minimum absolute atomic E-state index is 0.0867. The van der Waals surface area contributed by atoms with Crippen molar-refractivity contribution in [3.8, 4) is 0 Å². The first kappa shape index (κ1) is 40.3. The van der Waals surface area contributed by atoms with E-state index in [1.165, 1.54) is 28.1 Å². The third kappa shape index (κ3) is 10.9. The Hall–Kier alpha value is -7.12. The molecular weight excluding hydrogens is 707 g/mol. The molecule has 0 aliphatic carbocycles. The van der Waals surface area contributed by atoms with Gasteiger partial charge in [0.05, 0.1) is 49.6 Å². The molecule has 0 unspecified atom stereocenters. The number of hydrogen-bond acceptors (Lipinski definition) is 11. The molecule has 0 aliphatic heterocycles. The summed E-state index contributed by atoms with van der Waals surface area (Å²) >= 11 is 0. The molecule has 0 saturated carbocycles. The molecule has 0 heterocycles. The van der Waals surface area contributed by atoms with Crippen LogP contribution in [0.15, 0.2) is 133 Å². The topological polar surface area (TPSA) is 216 Å². The van der Waals surface area contributed by atoms with Crippen LogP contribution >= 0.6 is 6.89 Å². The zero-order valence-corrected chi connectivity index (χ0v) is 28.9. The van der Waals surface area contributed by atoms with Gasteiger partial charge in [-0.1, -0.05) is 97.3 Å². The van der Waals surface area contributed by atoms with Crippen molar-refractivity contribution in [2.45, 2.75) is 6.92 Å². The average molecular weight is 739 g/mol. The molecule has 0 saturated heterocycles. The number of nitrogens with zero attached hydrogens (tertiary/aromatic N) is 4. The summed E-state index contributed by atoms with van der Waals surface area (Å²) in [5, 5.41) is 45.9. The molecule has 5 rings (SSSR count). The highest BCUT2D eigenvalue weighted by Gasteiger charge is 2.22. The van der Waals surface area contributed by atoms with Gasteiger partial charge in [-0.15, -0.1) is 0 Å². The Labute approximate surface area is 302 Å². The van der Waals surface area contributed by atoms with Crippen LogP contribution in [0, 0.1) is 40.5 Å². The van der Waals surface area contributed by atoms with E-state index in [0.29, 0.717) is 0 Å². The predicted octanol–water partition coefficient (Wildman–Crippen LogP) is 6.81. The lowest BCUT2D eigenvalue weighted by Gasteiger charge is -2.26. The zero-order chi connectivity index (χ0) is 39.0. The van der Waals surface area contributed by atoms with Gasteiger partial charge >= 0.3 is 5.97 Å². The molecule has 0 fully saturated rings. The number of ether oxygens (including phenoxy) is 1. The standard InChI is InChI=1S/C19H17P.C11H10N2O6.C7H4N2O5/c1-20(17-11-5-2-6-12-17,18-13-7-3-8-14-18)19-15-9-4-10-16-19;1-2-19-11(14)6-4-8-3-5-9(12(15)16)7-10(8)13(17)18;10-4-5-1-2-6(8(11)12)3-7(5)9(13)14/h2-16H,1H2;3-7H,2H2,1H3;1-4H/b;6-4+;. The summed E-state index contributed by atoms with van der Waals surface area (Å²) in [6, 6.07) is 37.9. The highest BCUT2D eigenvalue weighted by atomic mass is 31.2. The van der Waals surface area contributed by atoms with Crippen molar-refractivity contribution in [3.05, 3.63) is 185 Å². The van der Waals surface area contributed by atoms with Crippen molar-refractivity contribution in [3.63, 3.8) is 0 Å². The second kappa shape index (κ2) is 19.3. The van der Waals surface area contributed by atoms with Crippen molar-refractivity contribution < 1.29 is 34.0 Å². The van der Waals surface area contributed by atoms with Crippen molar-refractivity contribution in [1.82, 2.24) is 0 Å². The summed E-state index contributed by atoms with van der Waals surface area (Å²) in [7, 11) is 0. The van der Waals surface area contributed by atoms with E-state index in [0.717, 1.165) is 36.4 Å². The number of carbonyl (C=O) groups is 2. The van der Waals surface area contributed by atoms with E-state index in [4.69, 9.17) is 6.30 Å². The Morgan fingerprint density at radius 1 is 0.623 bits per heavy atom. The van der Waals surface area contributed by atoms with Crippen LogP contribution in [0.2, 0.25) is 0 Å². The van der Waals surface area contributed by atoms with Gasteiger partial charge in [-0.05, 0) is 47.9 Å². The van der Waals surface area contributed by atoms with Gasteiger partial charge < -0.3 is 4.74 Å². The first-order valence-electron chi connectivity index (χ1n) is 15.4. The van der Waals surface area contributed by atoms with Crippen LogP contribution in [0.4, 0.5) is 22.7 Å². The lowest BCUT2D eigenvalue weighted by Crippen LogP contribution is -2.25. The number of aldehydes is 1. The highest BCUT2D eigenvalue weighted by Crippen LogP contribution is 2.41. The summed E-state index contributed by atoms with van der Waals surface area (Å²) in [5.41, 5.74) is -1.91. The zero-order valence-electron chi connectivity index (χ0n) is 28.0. The summed E-state index contributed by atoms with van der Waals surface area (Å²) in [6.07, 6.45) is 7.18. The van der Waals surface area contributed by atoms with Gasteiger partial charge in [0.15, 0.2) is 6.29 Å². The van der Waals surface area contributed by atoms with E-state index < -0.39 is 49.6 Å². The van der Waals surface area contributed by atoms with Gasteiger partial charge in [0.1, 0.15) is 0 Å². The molecule has 0 aliphatic rings. The smallest absolute Gasteiger partial charge is 0.330 e. The molecule has 16 heteroatoms. The molecule has 0 atom stereocenters. The third-order valence-electron chi connectivity index (χ3n) is 7.25. The number of hydrogen-bond donors (Lipinski definition) is 0. The monoisotopic (exact) mass is 738 g/mol. The maximum atomic E-state index is 11.1. The van der Waals surface area contributed by atoms with E-state index in [1.54, 1.807) is 6.92 Å². The van der Waals surface area contributed by atoms with E-state index in [2.05, 4.69) is 95.7 Å². The molecule has 0 bridgehead atoms. The molecule has 15 nitrogen and oxygen atoms in total. The number of non-ortho nitro benzene ring substituents is 2. The summed E-state index contributed by atoms with van der Waals surface area (Å²) in [6.45, 7) is 0.0347. The molecule has 0 N–H and O–H groups in total. The summed E-state index contributed by atoms with van der Waals surface area (Å²) < 4.78 is 4.62. The summed E-state index contributed by atoms with van der Waals surface area (Å²) in [4.78, 5) is 60.3. The van der Waals surface area contributed by atoms with Crippen LogP contribution in [-0.4, -0.2) is 44.9 Å². The fourth-order valence-corrected chi connectivity index (χ4v) is 7.63. The van der Waals surface area contributed by atoms with Crippen molar-refractivity contribution in [2.75, 3.05) is 6.61 Å². The van der Waals surface area contributed by atoms with Crippen LogP contribution in [0.25, 0.3) is 6.08 Å². The lowest BCUT2D eigenvalue weighted by molar-refractivity contribution is -0.394. The van der Waals surface area contributed by atoms with Crippen molar-refractivity contribution in [2.24, 2.45) is 0 Å². The van der Waals surface area contributed by atoms with Gasteiger partial charge in [-0.2, -0.15) is 0 Å². The Balaban J connectivity index is 0.000000218. The van der Waals surface area contributed by atoms with Crippen molar-refractivity contribution >= 4 is 70.2 Å². The first-order valence-corrected chi connectivity index (χ1v) is 17.4. The Kier molecular flexibility index (Phi) is 14.7. The molecule has 53 heavy (non-hydrogen) atoms. The molecule has 0 spiro atoms. The predicted molar refractivity (Wildman–Crippen MR) is 203 cm³/mol. The van der Waals surface area contributed by atoms with Crippen LogP contribution in [-0.2, 0) is 9.53 Å². The Morgan fingerprint density at radius 2 is 1.00 bits per heavy atom. The molecule has 270 valence electrons. The fourth-order valence-electron chi connectivity index (χ4n) is 4.69. The van der Waals surface area contributed by atoms with Gasteiger partial charge in [-0.25, -0.2) is 4.79 Å². The van der Waals surface area contributed by atoms with E-state index in [1.807, 2.05) is 0 Å². The fraction of sp³-hybridized carbons (Fsp3) is 0.0541. The van der Waals surface area contributed by atoms with Gasteiger partial charge in [0.25, 0.3) is 22.7 Å². The number of rotatable bonds is 11. The molecule has 0 aromatic heterocycles. The van der Waals surface area contributed by atoms with Crippen LogP contribution in [0.1, 0.15) is 22.8 Å². The molecule has 5 aromatic carbocycles. The molecule has 0 radical (unpaired) electrons. The maximum Gasteiger partial charge on any atom is 0.330 e. The van der Waals surface area contributed by atoms with E-state index >= 15 is 0 Å². The van der Waals surface area contributed by atoms with Gasteiger partial charge in [0, 0.05) is 18.2 Å². The minimum atomic E-state index is -1.78. The third-order valence-corrected chi connectivity index (χ3v) is 10.8. The van der Waals surface area contributed by atoms with E-state index in [-0.39, 0.29) is 29.7 Å². The Bertz CT molecular complexity index is 2080. The van der Waals surface area contributed by atoms with Crippen LogP contribution in [0.3, 0.4) is 0 Å². The number of esters is 1.